The summed E-state index contributed by atoms with van der Waals surface area (Å²) in [5.74, 6) is -0.671. The van der Waals surface area contributed by atoms with Crippen LogP contribution in [0.1, 0.15) is 58.2 Å². The molecule has 7 nitrogen and oxygen atoms in total. The lowest BCUT2D eigenvalue weighted by atomic mass is 10.0. The van der Waals surface area contributed by atoms with Gasteiger partial charge in [0, 0.05) is 29.5 Å². The first kappa shape index (κ1) is 31.1. The molecule has 1 aliphatic carbocycles. The van der Waals surface area contributed by atoms with Crippen molar-refractivity contribution in [2.75, 3.05) is 5.73 Å². The molecule has 0 atom stereocenters. The first-order valence-electron chi connectivity index (χ1n) is 12.5. The summed E-state index contributed by atoms with van der Waals surface area (Å²) >= 11 is 6.18. The van der Waals surface area contributed by atoms with Gasteiger partial charge < -0.3 is 11.5 Å². The Morgan fingerprint density at radius 1 is 1.23 bits per heavy atom. The molecule has 2 aromatic carbocycles. The van der Waals surface area contributed by atoms with Crippen LogP contribution in [0.4, 0.5) is 14.6 Å². The molecule has 2 aromatic heterocycles. The highest BCUT2D eigenvalue weighted by atomic mass is 35.5. The third-order valence-corrected chi connectivity index (χ3v) is 5.80. The second-order valence-corrected chi connectivity index (χ2v) is 8.58. The summed E-state index contributed by atoms with van der Waals surface area (Å²) in [5.41, 5.74) is 11.1. The third-order valence-electron chi connectivity index (χ3n) is 5.43. The van der Waals surface area contributed by atoms with Crippen LogP contribution in [0, 0.1) is 23.0 Å². The molecule has 0 saturated heterocycles. The van der Waals surface area contributed by atoms with E-state index in [-0.39, 0.29) is 28.0 Å². The molecule has 4 aromatic rings. The minimum absolute atomic E-state index is 0.0560. The van der Waals surface area contributed by atoms with Crippen LogP contribution in [0.5, 0.6) is 0 Å². The maximum absolute atomic E-state index is 15.4. The minimum Gasteiger partial charge on any atom is -0.383 e. The molecule has 1 amide bonds. The molecule has 1 saturated carbocycles. The number of benzene rings is 2. The monoisotopic (exact) mass is 552 g/mol. The predicted octanol–water partition coefficient (Wildman–Crippen LogP) is 7.23. The van der Waals surface area contributed by atoms with E-state index in [0.717, 1.165) is 25.3 Å². The predicted molar refractivity (Wildman–Crippen MR) is 153 cm³/mol. The number of nitrogens with two attached hydrogens (primary N) is 2. The van der Waals surface area contributed by atoms with Crippen LogP contribution in [-0.2, 0) is 4.79 Å². The molecule has 5 rings (SSSR count). The van der Waals surface area contributed by atoms with E-state index in [1.807, 2.05) is 26.8 Å². The number of nitrogens with zero attached hydrogens (tertiary/aromatic N) is 4. The molecule has 10 heteroatoms. The van der Waals surface area contributed by atoms with E-state index in [0.29, 0.717) is 34.0 Å². The Balaban J connectivity index is 0.000000379. The van der Waals surface area contributed by atoms with Gasteiger partial charge in [-0.1, -0.05) is 63.2 Å². The summed E-state index contributed by atoms with van der Waals surface area (Å²) in [6.07, 6.45) is 6.13. The highest BCUT2D eigenvalue weighted by Crippen LogP contribution is 2.40. The molecule has 0 spiro atoms. The minimum atomic E-state index is -0.615. The number of hydrogen-bond acceptors (Lipinski definition) is 6. The summed E-state index contributed by atoms with van der Waals surface area (Å²) in [6, 6.07) is 10.1. The number of anilines is 1. The van der Waals surface area contributed by atoms with Crippen molar-refractivity contribution >= 4 is 45.0 Å². The molecular weight excluding hydrogens is 522 g/mol. The fourth-order valence-corrected chi connectivity index (χ4v) is 3.70. The van der Waals surface area contributed by atoms with Gasteiger partial charge in [0.15, 0.2) is 5.82 Å². The van der Waals surface area contributed by atoms with Gasteiger partial charge in [-0.15, -0.1) is 0 Å². The number of pyridine rings is 1. The van der Waals surface area contributed by atoms with Crippen LogP contribution in [0.25, 0.3) is 32.9 Å². The summed E-state index contributed by atoms with van der Waals surface area (Å²) in [5, 5.41) is 9.22. The van der Waals surface area contributed by atoms with Gasteiger partial charge in [0.1, 0.15) is 28.7 Å². The summed E-state index contributed by atoms with van der Waals surface area (Å²) < 4.78 is 29.4. The Hall–Kier alpha value is -4.16. The van der Waals surface area contributed by atoms with Gasteiger partial charge in [0.25, 0.3) is 0 Å². The maximum atomic E-state index is 15.4. The highest BCUT2D eigenvalue weighted by molar-refractivity contribution is 6.36. The standard InChI is InChI=1S/C20H13ClF2N4.C4H7N.C3H5NO.C2H6/c21-15-13(22)7-6-9-2-1-3-11(14(9)15)17-16(23)18-12(8-25-17)19(24)27-20(26-18)10-4-5-10;1-2-3-4-5;1-2-3(4)5;1-2/h1-3,6-8,10H,4-5H2,(H2,24,26,27);2-3H2,1H3;2H,1H2,(H2,4,5);1-2H3. The number of hydrogen-bond donors (Lipinski definition) is 2. The van der Waals surface area contributed by atoms with Gasteiger partial charge in [-0.25, -0.2) is 18.7 Å². The zero-order valence-corrected chi connectivity index (χ0v) is 22.9. The number of rotatable bonds is 4. The molecule has 2 heterocycles. The van der Waals surface area contributed by atoms with Crippen molar-refractivity contribution in [1.82, 2.24) is 15.0 Å². The molecule has 39 heavy (non-hydrogen) atoms. The number of halogens is 3. The van der Waals surface area contributed by atoms with Gasteiger partial charge >= 0.3 is 0 Å². The van der Waals surface area contributed by atoms with E-state index in [1.54, 1.807) is 24.3 Å². The highest BCUT2D eigenvalue weighted by Gasteiger charge is 2.28. The first-order valence-corrected chi connectivity index (χ1v) is 12.9. The van der Waals surface area contributed by atoms with E-state index in [9.17, 15) is 9.18 Å². The van der Waals surface area contributed by atoms with Crippen LogP contribution >= 0.6 is 11.6 Å². The lowest BCUT2D eigenvalue weighted by Crippen LogP contribution is -2.04. The molecule has 1 fully saturated rings. The number of primary amides is 1. The van der Waals surface area contributed by atoms with Crippen LogP contribution in [0.15, 0.2) is 49.2 Å². The van der Waals surface area contributed by atoms with Crippen LogP contribution in [0.3, 0.4) is 0 Å². The second kappa shape index (κ2) is 14.7. The number of aromatic nitrogens is 3. The summed E-state index contributed by atoms with van der Waals surface area (Å²) in [6.45, 7) is 9.07. The quantitative estimate of drug-likeness (QED) is 0.257. The number of carbonyl (C=O) groups is 1. The number of carbonyl (C=O) groups excluding carboxylic acids is 1. The van der Waals surface area contributed by atoms with E-state index in [1.165, 1.54) is 12.3 Å². The fourth-order valence-electron chi connectivity index (χ4n) is 3.43. The molecule has 0 radical (unpaired) electrons. The Bertz CT molecular complexity index is 1520. The molecule has 1 aliphatic rings. The topological polar surface area (TPSA) is 132 Å². The number of nitrogen functional groups attached to an aromatic ring is 1. The smallest absolute Gasteiger partial charge is 0.240 e. The number of fused-ring (bicyclic) bond motifs is 2. The molecule has 0 aliphatic heterocycles. The van der Waals surface area contributed by atoms with E-state index >= 15 is 4.39 Å². The largest absolute Gasteiger partial charge is 0.383 e. The SMILES string of the molecule is C=CC(N)=O.CC.CCCC#N.Nc1nc(C2CC2)nc2c(F)c(-c3cccc4ccc(F)c(Cl)c34)ncc12. The zero-order valence-electron chi connectivity index (χ0n) is 22.1. The van der Waals surface area contributed by atoms with E-state index in [2.05, 4.69) is 27.3 Å². The molecular formula is C29H31ClF2N6O. The zero-order chi connectivity index (χ0) is 29.1. The van der Waals surface area contributed by atoms with Crippen molar-refractivity contribution in [2.45, 2.75) is 52.4 Å². The number of unbranched alkanes of at least 4 members (excludes halogenated alkanes) is 1. The number of nitriles is 1. The van der Waals surface area contributed by atoms with Crippen molar-refractivity contribution in [3.8, 4) is 17.3 Å². The second-order valence-electron chi connectivity index (χ2n) is 8.20. The van der Waals surface area contributed by atoms with E-state index < -0.39 is 17.5 Å². The Kier molecular flexibility index (Phi) is 11.7. The lowest BCUT2D eigenvalue weighted by molar-refractivity contribution is -0.113. The van der Waals surface area contributed by atoms with Crippen LogP contribution in [0.2, 0.25) is 5.02 Å². The van der Waals surface area contributed by atoms with Crippen molar-refractivity contribution < 1.29 is 13.6 Å². The average molecular weight is 553 g/mol. The average Bonchev–Trinajstić information content (AvgIpc) is 3.79. The summed E-state index contributed by atoms with van der Waals surface area (Å²) in [7, 11) is 0. The van der Waals surface area contributed by atoms with Gasteiger partial charge in [0.05, 0.1) is 16.5 Å². The Morgan fingerprint density at radius 2 is 1.90 bits per heavy atom. The normalized spacial score (nSPS) is 11.6. The van der Waals surface area contributed by atoms with Crippen molar-refractivity contribution in [2.24, 2.45) is 5.73 Å². The van der Waals surface area contributed by atoms with Crippen molar-refractivity contribution in [3.63, 3.8) is 0 Å². The van der Waals surface area contributed by atoms with Gasteiger partial charge in [-0.3, -0.25) is 9.78 Å². The Morgan fingerprint density at radius 3 is 2.44 bits per heavy atom. The number of amides is 1. The molecule has 4 N–H and O–H groups in total. The molecule has 204 valence electrons. The van der Waals surface area contributed by atoms with Crippen LogP contribution < -0.4 is 11.5 Å². The first-order chi connectivity index (χ1) is 18.7. The molecule has 0 bridgehead atoms. The van der Waals surface area contributed by atoms with E-state index in [4.69, 9.17) is 22.6 Å². The third kappa shape index (κ3) is 7.68. The lowest BCUT2D eigenvalue weighted by Gasteiger charge is -2.11. The molecule has 0 unspecified atom stereocenters. The summed E-state index contributed by atoms with van der Waals surface area (Å²) in [4.78, 5) is 22.4. The Labute approximate surface area is 231 Å². The van der Waals surface area contributed by atoms with Crippen LogP contribution in [-0.4, -0.2) is 20.9 Å². The van der Waals surface area contributed by atoms with Crippen molar-refractivity contribution in [3.05, 3.63) is 71.7 Å². The fraction of sp³-hybridized carbons (Fsp3) is 0.276. The van der Waals surface area contributed by atoms with Crippen molar-refractivity contribution in [1.29, 1.82) is 5.26 Å². The van der Waals surface area contributed by atoms with Gasteiger partial charge in [-0.05, 0) is 36.8 Å². The maximum Gasteiger partial charge on any atom is 0.240 e. The van der Waals surface area contributed by atoms with Gasteiger partial charge in [0.2, 0.25) is 5.91 Å². The van der Waals surface area contributed by atoms with Gasteiger partial charge in [-0.2, -0.15) is 5.26 Å².